The first-order valence-corrected chi connectivity index (χ1v) is 24.9. The average Bonchev–Trinajstić information content (AvgIpc) is 3.98. The second-order valence-corrected chi connectivity index (χ2v) is 21.2. The van der Waals surface area contributed by atoms with Gasteiger partial charge in [-0.2, -0.15) is 0 Å². The molecule has 3 aromatic heterocycles. The molecule has 350 valence electrons. The minimum absolute atomic E-state index is 0.00664. The lowest BCUT2D eigenvalue weighted by atomic mass is 9.35. The molecular formula is C64H54BN5O2. The number of imidazole rings is 1. The van der Waals surface area contributed by atoms with Crippen LogP contribution in [0, 0.1) is 0 Å². The van der Waals surface area contributed by atoms with E-state index in [4.69, 9.17) is 14.1 Å². The normalized spacial score (nSPS) is 13.1. The number of nitrogens with zero attached hydrogens (tertiary/aromatic N) is 5. The molecule has 2 aliphatic heterocycles. The van der Waals surface area contributed by atoms with Crippen LogP contribution in [0.1, 0.15) is 52.7 Å². The number of methoxy groups -OCH3 is 1. The fourth-order valence-corrected chi connectivity index (χ4v) is 11.2. The van der Waals surface area contributed by atoms with E-state index in [-0.39, 0.29) is 17.5 Å². The van der Waals surface area contributed by atoms with Crippen molar-refractivity contribution in [3.05, 3.63) is 211 Å². The second-order valence-electron chi connectivity index (χ2n) is 21.2. The molecule has 8 heteroatoms. The first-order valence-electron chi connectivity index (χ1n) is 24.9. The summed E-state index contributed by atoms with van der Waals surface area (Å²) < 4.78 is 15.5. The maximum absolute atomic E-state index is 7.26. The molecule has 0 atom stereocenters. The average molecular weight is 936 g/mol. The molecule has 11 aromatic rings. The van der Waals surface area contributed by atoms with Crippen molar-refractivity contribution in [3.63, 3.8) is 0 Å². The molecule has 0 amide bonds. The Morgan fingerprint density at radius 1 is 0.528 bits per heavy atom. The quantitative estimate of drug-likeness (QED) is 0.148. The number of ether oxygens (including phenoxy) is 1. The van der Waals surface area contributed by atoms with Crippen molar-refractivity contribution in [1.29, 1.82) is 0 Å². The maximum Gasteiger partial charge on any atom is 0.277 e. The van der Waals surface area contributed by atoms with Crippen LogP contribution in [0.3, 0.4) is 0 Å². The topological polar surface area (TPSA) is 49.4 Å². The highest BCUT2D eigenvalue weighted by Crippen LogP contribution is 2.49. The molecule has 13 rings (SSSR count). The van der Waals surface area contributed by atoms with Gasteiger partial charge in [0, 0.05) is 62.3 Å². The maximum atomic E-state index is 7.26. The zero-order chi connectivity index (χ0) is 49.0. The standard InChI is InChI=1S/C64H54BN5O2/c1-63(2,3)42-29-33-45(34-30-42)68(46-35-31-43(32-36-46)64(4,5)6)47-37-38-51-55(40-47)70(54-27-15-24-50-49-23-14-22-48(58(49)72-59(50)54)41-18-10-8-11-19-41)53-26-16-25-52-57(53)65(51)60-62(69(52)44-20-12-9-13-21-44)67-39-17-28-56(71-7)61(67)66-60/h8-40H,1-7H3. The Labute approximate surface area is 421 Å². The number of anilines is 9. The van der Waals surface area contributed by atoms with Gasteiger partial charge in [-0.3, -0.25) is 9.30 Å². The molecule has 0 saturated carbocycles. The third kappa shape index (κ3) is 6.76. The fraction of sp³-hybridized carbons (Fsp3) is 0.141. The third-order valence-corrected chi connectivity index (χ3v) is 14.8. The number of hydrogen-bond donors (Lipinski definition) is 0. The molecule has 0 saturated heterocycles. The molecule has 0 bridgehead atoms. The molecule has 2 aliphatic rings. The first-order chi connectivity index (χ1) is 35.0. The number of furan rings is 1. The Bertz CT molecular complexity index is 3830. The van der Waals surface area contributed by atoms with Crippen LogP contribution in [0.15, 0.2) is 205 Å². The molecule has 0 unspecified atom stereocenters. The van der Waals surface area contributed by atoms with Gasteiger partial charge in [-0.25, -0.2) is 4.98 Å². The van der Waals surface area contributed by atoms with Crippen molar-refractivity contribution >= 4 is 102 Å². The summed E-state index contributed by atoms with van der Waals surface area (Å²) in [4.78, 5) is 12.8. The number of benzene rings is 8. The summed E-state index contributed by atoms with van der Waals surface area (Å²) >= 11 is 0. The number of rotatable bonds is 7. The van der Waals surface area contributed by atoms with Gasteiger partial charge in [0.15, 0.2) is 17.0 Å². The lowest BCUT2D eigenvalue weighted by molar-refractivity contribution is 0.417. The number of aromatic nitrogens is 2. The van der Waals surface area contributed by atoms with E-state index < -0.39 is 0 Å². The van der Waals surface area contributed by atoms with E-state index in [1.54, 1.807) is 7.11 Å². The lowest BCUT2D eigenvalue weighted by Gasteiger charge is -2.42. The van der Waals surface area contributed by atoms with Crippen molar-refractivity contribution in [2.24, 2.45) is 0 Å². The minimum atomic E-state index is -0.235. The van der Waals surface area contributed by atoms with Gasteiger partial charge in [0.05, 0.1) is 18.4 Å². The number of pyridine rings is 1. The Balaban J connectivity index is 1.11. The van der Waals surface area contributed by atoms with E-state index in [0.29, 0.717) is 5.75 Å². The van der Waals surface area contributed by atoms with Crippen LogP contribution in [-0.4, -0.2) is 23.2 Å². The Morgan fingerprint density at radius 2 is 1.11 bits per heavy atom. The zero-order valence-electron chi connectivity index (χ0n) is 41.7. The molecule has 0 fully saturated rings. The predicted octanol–water partition coefficient (Wildman–Crippen LogP) is 15.1. The molecule has 7 nitrogen and oxygen atoms in total. The van der Waals surface area contributed by atoms with Crippen LogP contribution in [0.4, 0.5) is 51.3 Å². The lowest BCUT2D eigenvalue weighted by Crippen LogP contribution is -2.61. The summed E-state index contributed by atoms with van der Waals surface area (Å²) in [7, 11) is 1.72. The van der Waals surface area contributed by atoms with E-state index in [2.05, 4.69) is 249 Å². The summed E-state index contributed by atoms with van der Waals surface area (Å²) in [6.45, 7) is 13.4. The van der Waals surface area contributed by atoms with Gasteiger partial charge in [-0.05, 0) is 117 Å². The predicted molar refractivity (Wildman–Crippen MR) is 301 cm³/mol. The van der Waals surface area contributed by atoms with Crippen LogP contribution in [0.5, 0.6) is 5.75 Å². The van der Waals surface area contributed by atoms with Crippen LogP contribution in [0.25, 0.3) is 38.7 Å². The van der Waals surface area contributed by atoms with E-state index >= 15 is 0 Å². The smallest absolute Gasteiger partial charge is 0.277 e. The molecule has 8 aromatic carbocycles. The summed E-state index contributed by atoms with van der Waals surface area (Å²) in [5.74, 6) is 1.70. The van der Waals surface area contributed by atoms with Crippen molar-refractivity contribution in [3.8, 4) is 16.9 Å². The monoisotopic (exact) mass is 935 g/mol. The SMILES string of the molecule is COc1cccn2c3c(nc12)B1c2ccc(N(c4ccc(C(C)(C)C)cc4)c4ccc(C(C)(C)C)cc4)cc2N(c2cccc4c2oc2c(-c5ccccc5)cccc24)c2cccc(c21)N3c1ccccc1. The van der Waals surface area contributed by atoms with Gasteiger partial charge in [-0.15, -0.1) is 0 Å². The molecule has 0 N–H and O–H groups in total. The molecular weight excluding hydrogens is 882 g/mol. The number of fused-ring (bicyclic) bond motifs is 9. The van der Waals surface area contributed by atoms with Crippen molar-refractivity contribution < 1.29 is 9.15 Å². The van der Waals surface area contributed by atoms with Gasteiger partial charge in [0.2, 0.25) is 0 Å². The van der Waals surface area contributed by atoms with E-state index in [9.17, 15) is 0 Å². The second kappa shape index (κ2) is 16.3. The van der Waals surface area contributed by atoms with Crippen LogP contribution in [-0.2, 0) is 10.8 Å². The van der Waals surface area contributed by atoms with Gasteiger partial charge in [0.25, 0.3) is 6.71 Å². The van der Waals surface area contributed by atoms with Crippen LogP contribution >= 0.6 is 0 Å². The van der Waals surface area contributed by atoms with E-state index in [0.717, 1.165) is 101 Å². The van der Waals surface area contributed by atoms with Crippen LogP contribution < -0.4 is 36.0 Å². The summed E-state index contributed by atoms with van der Waals surface area (Å²) in [6.07, 6.45) is 2.10. The van der Waals surface area contributed by atoms with Gasteiger partial charge >= 0.3 is 0 Å². The molecule has 5 heterocycles. The highest BCUT2D eigenvalue weighted by Gasteiger charge is 2.46. The summed E-state index contributed by atoms with van der Waals surface area (Å²) in [5.41, 5.74) is 18.9. The van der Waals surface area contributed by atoms with Crippen LogP contribution in [0.2, 0.25) is 0 Å². The fourth-order valence-electron chi connectivity index (χ4n) is 11.2. The Morgan fingerprint density at radius 3 is 1.76 bits per heavy atom. The van der Waals surface area contributed by atoms with Crippen molar-refractivity contribution in [2.75, 3.05) is 21.8 Å². The molecule has 72 heavy (non-hydrogen) atoms. The van der Waals surface area contributed by atoms with E-state index in [1.165, 1.54) is 16.6 Å². The zero-order valence-corrected chi connectivity index (χ0v) is 41.7. The van der Waals surface area contributed by atoms with Crippen molar-refractivity contribution in [1.82, 2.24) is 9.38 Å². The molecule has 0 aliphatic carbocycles. The minimum Gasteiger partial charge on any atom is -0.493 e. The first kappa shape index (κ1) is 43.5. The number of para-hydroxylation sites is 3. The third-order valence-electron chi connectivity index (χ3n) is 14.8. The van der Waals surface area contributed by atoms with Gasteiger partial charge in [0.1, 0.15) is 11.4 Å². The van der Waals surface area contributed by atoms with Gasteiger partial charge < -0.3 is 19.0 Å². The Kier molecular flexibility index (Phi) is 9.85. The Hall–Kier alpha value is -8.49. The molecule has 0 radical (unpaired) electrons. The summed E-state index contributed by atoms with van der Waals surface area (Å²) in [5, 5.41) is 2.14. The van der Waals surface area contributed by atoms with E-state index in [1.807, 2.05) is 12.1 Å². The number of hydrogen-bond acceptors (Lipinski definition) is 6. The largest absolute Gasteiger partial charge is 0.493 e. The van der Waals surface area contributed by atoms with Gasteiger partial charge in [-0.1, -0.05) is 157 Å². The van der Waals surface area contributed by atoms with Crippen molar-refractivity contribution in [2.45, 2.75) is 52.4 Å². The highest BCUT2D eigenvalue weighted by atomic mass is 16.5. The highest BCUT2D eigenvalue weighted by molar-refractivity contribution is 7.00. The molecule has 0 spiro atoms. The summed E-state index contributed by atoms with van der Waals surface area (Å²) in [6, 6.07) is 70.3.